The zero-order valence-corrected chi connectivity index (χ0v) is 17.6. The van der Waals surface area contributed by atoms with Crippen LogP contribution in [0.5, 0.6) is 0 Å². The van der Waals surface area contributed by atoms with Crippen molar-refractivity contribution in [1.29, 1.82) is 0 Å². The first kappa shape index (κ1) is 21.8. The largest absolute Gasteiger partial charge is 0.304 e. The van der Waals surface area contributed by atoms with Gasteiger partial charge in [-0.15, -0.1) is 0 Å². The first-order valence-electron chi connectivity index (χ1n) is 9.51. The predicted octanol–water partition coefficient (Wildman–Crippen LogP) is 1.37. The molecule has 0 aromatic heterocycles. The number of hydrogen-bond acceptors (Lipinski definition) is 6. The van der Waals surface area contributed by atoms with E-state index in [0.29, 0.717) is 24.5 Å². The van der Waals surface area contributed by atoms with Gasteiger partial charge in [-0.3, -0.25) is 24.9 Å². The Morgan fingerprint density at radius 1 is 0.750 bits per heavy atom. The molecule has 1 saturated heterocycles. The normalized spacial score (nSPS) is 24.8. The molecule has 1 fully saturated rings. The van der Waals surface area contributed by atoms with Gasteiger partial charge in [0.15, 0.2) is 0 Å². The second-order valence-corrected chi connectivity index (χ2v) is 7.65. The topological polar surface area (TPSA) is 28.2 Å². The summed E-state index contributed by atoms with van der Waals surface area (Å²) in [5.74, 6) is 0. The van der Waals surface area contributed by atoms with Crippen LogP contribution in [0.15, 0.2) is 0 Å². The number of hydrogen-bond donors (Lipinski definition) is 1. The first-order chi connectivity index (χ1) is 11.3. The van der Waals surface area contributed by atoms with Gasteiger partial charge in [0.05, 0.1) is 31.8 Å². The van der Waals surface area contributed by atoms with Gasteiger partial charge in [-0.25, -0.2) is 0 Å². The molecular weight excluding hydrogens is 300 g/mol. The van der Waals surface area contributed by atoms with Crippen LogP contribution in [0, 0.1) is 0 Å². The van der Waals surface area contributed by atoms with Gasteiger partial charge < -0.3 is 4.90 Å². The van der Waals surface area contributed by atoms with E-state index in [0.717, 1.165) is 32.6 Å². The van der Waals surface area contributed by atoms with Crippen LogP contribution in [0.1, 0.15) is 40.0 Å². The number of likely N-dealkylation sites (N-methyl/N-ethyl adjacent to an activating group) is 1. The predicted molar refractivity (Wildman–Crippen MR) is 104 cm³/mol. The average Bonchev–Trinajstić information content (AvgIpc) is 2.50. The Morgan fingerprint density at radius 3 is 1.42 bits per heavy atom. The third kappa shape index (κ3) is 4.90. The standard InChI is InChI=1S/C18H42N6/c1-10-15(20(4)5)18-23(16(11-2)21(6)7)13-19-14-24(18)17(12-3)22(8)9/h15-19H,10-14H2,1-9H3. The van der Waals surface area contributed by atoms with Crippen molar-refractivity contribution in [3.63, 3.8) is 0 Å². The van der Waals surface area contributed by atoms with Crippen LogP contribution in [0.3, 0.4) is 0 Å². The van der Waals surface area contributed by atoms with E-state index in [1.165, 1.54) is 0 Å². The van der Waals surface area contributed by atoms with Crippen molar-refractivity contribution in [2.45, 2.75) is 64.6 Å². The zero-order chi connectivity index (χ0) is 18.4. The Bertz CT molecular complexity index is 322. The Kier molecular flexibility index (Phi) is 9.12. The summed E-state index contributed by atoms with van der Waals surface area (Å²) < 4.78 is 0. The second-order valence-electron chi connectivity index (χ2n) is 7.65. The molecule has 0 saturated carbocycles. The van der Waals surface area contributed by atoms with Gasteiger partial charge in [-0.05, 0) is 61.5 Å². The van der Waals surface area contributed by atoms with Gasteiger partial charge in [0.1, 0.15) is 0 Å². The van der Waals surface area contributed by atoms with Crippen LogP contribution in [0.2, 0.25) is 0 Å². The molecule has 1 heterocycles. The molecule has 0 aromatic rings. The van der Waals surface area contributed by atoms with Crippen molar-refractivity contribution >= 4 is 0 Å². The highest BCUT2D eigenvalue weighted by Crippen LogP contribution is 2.26. The minimum absolute atomic E-state index is 0.408. The van der Waals surface area contributed by atoms with Crippen LogP contribution < -0.4 is 5.32 Å². The van der Waals surface area contributed by atoms with E-state index in [1.54, 1.807) is 0 Å². The lowest BCUT2D eigenvalue weighted by atomic mass is 10.0. The fourth-order valence-electron chi connectivity index (χ4n) is 4.33. The van der Waals surface area contributed by atoms with Crippen molar-refractivity contribution in [1.82, 2.24) is 29.8 Å². The monoisotopic (exact) mass is 342 g/mol. The summed E-state index contributed by atoms with van der Waals surface area (Å²) in [6.07, 6.45) is 4.70. The molecule has 1 N–H and O–H groups in total. The summed E-state index contributed by atoms with van der Waals surface area (Å²) in [7, 11) is 13.2. The molecule has 0 spiro atoms. The van der Waals surface area contributed by atoms with E-state index < -0.39 is 0 Å². The molecular formula is C18H42N6. The fraction of sp³-hybridized carbons (Fsp3) is 1.00. The van der Waals surface area contributed by atoms with Gasteiger partial charge in [-0.2, -0.15) is 0 Å². The summed E-state index contributed by atoms with van der Waals surface area (Å²) in [4.78, 5) is 12.4. The second kappa shape index (κ2) is 10.0. The number of rotatable bonds is 9. The maximum absolute atomic E-state index is 3.65. The quantitative estimate of drug-likeness (QED) is 0.680. The molecule has 0 bridgehead atoms. The van der Waals surface area contributed by atoms with Crippen LogP contribution in [0.25, 0.3) is 0 Å². The van der Waals surface area contributed by atoms with E-state index in [9.17, 15) is 0 Å². The lowest BCUT2D eigenvalue weighted by Crippen LogP contribution is -2.72. The molecule has 6 nitrogen and oxygen atoms in total. The average molecular weight is 343 g/mol. The van der Waals surface area contributed by atoms with Crippen LogP contribution in [0.4, 0.5) is 0 Å². The number of nitrogens with one attached hydrogen (secondary N) is 1. The molecule has 0 radical (unpaired) electrons. The van der Waals surface area contributed by atoms with Crippen molar-refractivity contribution in [3.05, 3.63) is 0 Å². The van der Waals surface area contributed by atoms with Crippen LogP contribution in [-0.4, -0.2) is 105 Å². The van der Waals surface area contributed by atoms with Crippen molar-refractivity contribution < 1.29 is 0 Å². The molecule has 0 amide bonds. The molecule has 0 aliphatic carbocycles. The SMILES string of the molecule is CCC(C1N(C(CC)N(C)C)CNCN1C(CC)N(C)C)N(C)C. The van der Waals surface area contributed by atoms with E-state index >= 15 is 0 Å². The minimum atomic E-state index is 0.408. The third-order valence-electron chi connectivity index (χ3n) is 5.38. The highest BCUT2D eigenvalue weighted by Gasteiger charge is 2.41. The van der Waals surface area contributed by atoms with E-state index in [4.69, 9.17) is 0 Å². The van der Waals surface area contributed by atoms with Crippen LogP contribution >= 0.6 is 0 Å². The minimum Gasteiger partial charge on any atom is -0.304 e. The molecule has 0 aromatic carbocycles. The summed E-state index contributed by atoms with van der Waals surface area (Å²) in [5.41, 5.74) is 0. The first-order valence-corrected chi connectivity index (χ1v) is 9.51. The highest BCUT2D eigenvalue weighted by atomic mass is 15.6. The van der Waals surface area contributed by atoms with E-state index in [2.05, 4.69) is 92.9 Å². The maximum atomic E-state index is 3.65. The molecule has 1 aliphatic heterocycles. The fourth-order valence-corrected chi connectivity index (χ4v) is 4.33. The van der Waals surface area contributed by atoms with Crippen LogP contribution in [-0.2, 0) is 0 Å². The zero-order valence-electron chi connectivity index (χ0n) is 17.6. The molecule has 1 aliphatic rings. The van der Waals surface area contributed by atoms with Crippen molar-refractivity contribution in [2.24, 2.45) is 0 Å². The number of nitrogens with zero attached hydrogens (tertiary/aromatic N) is 5. The van der Waals surface area contributed by atoms with Crippen molar-refractivity contribution in [3.8, 4) is 0 Å². The Balaban J connectivity index is 3.26. The third-order valence-corrected chi connectivity index (χ3v) is 5.38. The van der Waals surface area contributed by atoms with Gasteiger partial charge in [0.25, 0.3) is 0 Å². The molecule has 144 valence electrons. The molecule has 3 atom stereocenters. The highest BCUT2D eigenvalue weighted by molar-refractivity contribution is 4.91. The van der Waals surface area contributed by atoms with Gasteiger partial charge in [0, 0.05) is 6.04 Å². The molecule has 3 unspecified atom stereocenters. The summed E-state index contributed by atoms with van der Waals surface area (Å²) in [6.45, 7) is 8.80. The maximum Gasteiger partial charge on any atom is 0.0829 e. The lowest BCUT2D eigenvalue weighted by molar-refractivity contribution is -0.139. The van der Waals surface area contributed by atoms with Crippen molar-refractivity contribution in [2.75, 3.05) is 55.6 Å². The molecule has 1 rings (SSSR count). The summed E-state index contributed by atoms with van der Waals surface area (Å²) >= 11 is 0. The van der Waals surface area contributed by atoms with E-state index in [-0.39, 0.29) is 0 Å². The molecule has 24 heavy (non-hydrogen) atoms. The smallest absolute Gasteiger partial charge is 0.0829 e. The lowest BCUT2D eigenvalue weighted by Gasteiger charge is -2.55. The van der Waals surface area contributed by atoms with Gasteiger partial charge in [-0.1, -0.05) is 20.8 Å². The Labute approximate surface area is 150 Å². The van der Waals surface area contributed by atoms with E-state index in [1.807, 2.05) is 0 Å². The molecule has 6 heteroatoms. The summed E-state index contributed by atoms with van der Waals surface area (Å²) in [5, 5.41) is 3.65. The Hall–Kier alpha value is -0.240. The van der Waals surface area contributed by atoms with Gasteiger partial charge in [0.2, 0.25) is 0 Å². The Morgan fingerprint density at radius 2 is 1.17 bits per heavy atom. The summed E-state index contributed by atoms with van der Waals surface area (Å²) in [6, 6.07) is 0.509. The van der Waals surface area contributed by atoms with Gasteiger partial charge >= 0.3 is 0 Å².